The minimum Gasteiger partial charge on any atom is -0.396 e. The van der Waals surface area contributed by atoms with E-state index in [1.807, 2.05) is 0 Å². The van der Waals surface area contributed by atoms with Crippen molar-refractivity contribution >= 4 is 15.7 Å². The van der Waals surface area contributed by atoms with Crippen molar-refractivity contribution < 1.29 is 31.4 Å². The fourth-order valence-electron chi connectivity index (χ4n) is 2.72. The van der Waals surface area contributed by atoms with Crippen molar-refractivity contribution in [3.8, 4) is 0 Å². The summed E-state index contributed by atoms with van der Waals surface area (Å²) in [6, 6.07) is 1.03. The van der Waals surface area contributed by atoms with Crippen molar-refractivity contribution in [3.63, 3.8) is 0 Å². The topological polar surface area (TPSA) is 83.0 Å². The quantitative estimate of drug-likeness (QED) is 0.618. The van der Waals surface area contributed by atoms with Gasteiger partial charge in [-0.05, 0) is 18.9 Å². The SMILES string of the molecule is O=S(=O)(CCCOCCCO)N1CCN(c2cncc(C(F)(F)F)c2)CC1. The maximum Gasteiger partial charge on any atom is 0.417 e. The molecule has 0 atom stereocenters. The van der Waals surface area contributed by atoms with Crippen LogP contribution < -0.4 is 4.90 Å². The Morgan fingerprint density at radius 3 is 2.41 bits per heavy atom. The van der Waals surface area contributed by atoms with Crippen molar-refractivity contribution in [2.45, 2.75) is 19.0 Å². The second kappa shape index (κ2) is 9.67. The van der Waals surface area contributed by atoms with Crippen molar-refractivity contribution in [1.82, 2.24) is 9.29 Å². The third kappa shape index (κ3) is 6.59. The van der Waals surface area contributed by atoms with Crippen LogP contribution in [0.1, 0.15) is 18.4 Å². The summed E-state index contributed by atoms with van der Waals surface area (Å²) in [7, 11) is -3.43. The number of sulfonamides is 1. The molecule has 0 saturated carbocycles. The summed E-state index contributed by atoms with van der Waals surface area (Å²) in [4.78, 5) is 5.34. The molecule has 1 aliphatic heterocycles. The lowest BCUT2D eigenvalue weighted by Crippen LogP contribution is -2.49. The Kier molecular flexibility index (Phi) is 7.83. The summed E-state index contributed by atoms with van der Waals surface area (Å²) in [6.45, 7) is 1.75. The lowest BCUT2D eigenvalue weighted by molar-refractivity contribution is -0.137. The number of ether oxygens (including phenoxy) is 1. The standard InChI is InChI=1S/C16H24F3N3O4S/c17-16(18,19)14-11-15(13-20-12-14)21-3-5-22(6-4-21)27(24,25)10-2-9-26-8-1-7-23/h11-13,23H,1-10H2. The summed E-state index contributed by atoms with van der Waals surface area (Å²) >= 11 is 0. The molecule has 11 heteroatoms. The molecule has 0 aliphatic carbocycles. The number of nitrogens with zero attached hydrogens (tertiary/aromatic N) is 3. The molecular weight excluding hydrogens is 387 g/mol. The number of aliphatic hydroxyl groups excluding tert-OH is 1. The molecular formula is C16H24F3N3O4S. The number of pyridine rings is 1. The zero-order valence-electron chi connectivity index (χ0n) is 14.9. The predicted molar refractivity (Wildman–Crippen MR) is 94.0 cm³/mol. The van der Waals surface area contributed by atoms with Gasteiger partial charge < -0.3 is 14.7 Å². The normalized spacial score (nSPS) is 16.7. The van der Waals surface area contributed by atoms with E-state index in [9.17, 15) is 21.6 Å². The molecule has 0 amide bonds. The highest BCUT2D eigenvalue weighted by molar-refractivity contribution is 7.89. The van der Waals surface area contributed by atoms with Crippen molar-refractivity contribution in [3.05, 3.63) is 24.0 Å². The fraction of sp³-hybridized carbons (Fsp3) is 0.688. The maximum absolute atomic E-state index is 12.8. The summed E-state index contributed by atoms with van der Waals surface area (Å²) in [5.41, 5.74) is -0.490. The van der Waals surface area contributed by atoms with Gasteiger partial charge in [0.25, 0.3) is 0 Å². The van der Waals surface area contributed by atoms with E-state index in [0.29, 0.717) is 44.8 Å². The van der Waals surface area contributed by atoms with Gasteiger partial charge in [0.1, 0.15) is 0 Å². The molecule has 1 aromatic heterocycles. The number of hydrogen-bond donors (Lipinski definition) is 1. The van der Waals surface area contributed by atoms with E-state index in [-0.39, 0.29) is 25.4 Å². The van der Waals surface area contributed by atoms with Crippen LogP contribution in [0, 0.1) is 0 Å². The summed E-state index contributed by atoms with van der Waals surface area (Å²) in [6.07, 6.45) is -1.48. The second-order valence-electron chi connectivity index (χ2n) is 6.17. The largest absolute Gasteiger partial charge is 0.417 e. The van der Waals surface area contributed by atoms with Gasteiger partial charge in [-0.25, -0.2) is 8.42 Å². The first-order valence-electron chi connectivity index (χ1n) is 8.67. The Balaban J connectivity index is 1.84. The molecule has 0 spiro atoms. The Hall–Kier alpha value is -1.43. The van der Waals surface area contributed by atoms with E-state index in [0.717, 1.165) is 12.3 Å². The number of piperazine rings is 1. The summed E-state index contributed by atoms with van der Waals surface area (Å²) in [5, 5.41) is 8.63. The van der Waals surface area contributed by atoms with Crippen molar-refractivity contribution in [2.75, 3.05) is 56.7 Å². The highest BCUT2D eigenvalue weighted by Gasteiger charge is 2.32. The third-order valence-electron chi connectivity index (χ3n) is 4.19. The van der Waals surface area contributed by atoms with Crippen LogP contribution in [0.15, 0.2) is 18.5 Å². The molecule has 0 unspecified atom stereocenters. The van der Waals surface area contributed by atoms with Crippen molar-refractivity contribution in [1.29, 1.82) is 0 Å². The van der Waals surface area contributed by atoms with Gasteiger partial charge >= 0.3 is 6.18 Å². The van der Waals surface area contributed by atoms with Gasteiger partial charge in [-0.15, -0.1) is 0 Å². The average molecular weight is 411 g/mol. The number of aliphatic hydroxyl groups is 1. The van der Waals surface area contributed by atoms with Gasteiger partial charge in [0, 0.05) is 52.2 Å². The van der Waals surface area contributed by atoms with Crippen LogP contribution in [0.4, 0.5) is 18.9 Å². The monoisotopic (exact) mass is 411 g/mol. The first-order valence-corrected chi connectivity index (χ1v) is 10.3. The molecule has 1 aliphatic rings. The fourth-order valence-corrected chi connectivity index (χ4v) is 4.18. The van der Waals surface area contributed by atoms with Gasteiger partial charge in [-0.3, -0.25) is 4.98 Å². The van der Waals surface area contributed by atoms with Gasteiger partial charge in [0.05, 0.1) is 23.2 Å². The molecule has 1 N–H and O–H groups in total. The van der Waals surface area contributed by atoms with Gasteiger partial charge in [0.2, 0.25) is 10.0 Å². The lowest BCUT2D eigenvalue weighted by atomic mass is 10.2. The van der Waals surface area contributed by atoms with E-state index >= 15 is 0 Å². The van der Waals surface area contributed by atoms with Gasteiger partial charge in [0.15, 0.2) is 0 Å². The lowest BCUT2D eigenvalue weighted by Gasteiger charge is -2.35. The van der Waals surface area contributed by atoms with E-state index in [1.165, 1.54) is 10.5 Å². The molecule has 0 radical (unpaired) electrons. The van der Waals surface area contributed by atoms with Crippen LogP contribution in [0.25, 0.3) is 0 Å². The number of aromatic nitrogens is 1. The number of anilines is 1. The first kappa shape index (κ1) is 21.9. The molecule has 27 heavy (non-hydrogen) atoms. The molecule has 2 rings (SSSR count). The second-order valence-corrected chi connectivity index (χ2v) is 8.26. The Bertz CT molecular complexity index is 692. The molecule has 2 heterocycles. The number of halogens is 3. The number of hydrogen-bond acceptors (Lipinski definition) is 6. The predicted octanol–water partition coefficient (Wildman–Crippen LogP) is 1.34. The molecule has 7 nitrogen and oxygen atoms in total. The molecule has 154 valence electrons. The minimum atomic E-state index is -4.46. The Morgan fingerprint density at radius 1 is 1.11 bits per heavy atom. The molecule has 0 bridgehead atoms. The molecule has 0 aromatic carbocycles. The summed E-state index contributed by atoms with van der Waals surface area (Å²) < 4.78 is 69.7. The van der Waals surface area contributed by atoms with Gasteiger partial charge in [-0.1, -0.05) is 0 Å². The Morgan fingerprint density at radius 2 is 1.78 bits per heavy atom. The molecule has 1 fully saturated rings. The minimum absolute atomic E-state index is 0.0317. The van der Waals surface area contributed by atoms with E-state index in [4.69, 9.17) is 9.84 Å². The van der Waals surface area contributed by atoms with E-state index < -0.39 is 21.8 Å². The maximum atomic E-state index is 12.8. The van der Waals surface area contributed by atoms with E-state index in [1.54, 1.807) is 4.90 Å². The van der Waals surface area contributed by atoms with E-state index in [2.05, 4.69) is 4.98 Å². The summed E-state index contributed by atoms with van der Waals surface area (Å²) in [5.74, 6) is -0.0444. The third-order valence-corrected chi connectivity index (χ3v) is 6.14. The zero-order chi connectivity index (χ0) is 19.9. The molecule has 1 saturated heterocycles. The van der Waals surface area contributed by atoms with Gasteiger partial charge in [-0.2, -0.15) is 17.5 Å². The number of alkyl halides is 3. The van der Waals surface area contributed by atoms with Crippen LogP contribution >= 0.6 is 0 Å². The van der Waals surface area contributed by atoms with Crippen LogP contribution in [0.2, 0.25) is 0 Å². The van der Waals surface area contributed by atoms with Crippen LogP contribution in [-0.4, -0.2) is 74.6 Å². The zero-order valence-corrected chi connectivity index (χ0v) is 15.7. The van der Waals surface area contributed by atoms with Crippen molar-refractivity contribution in [2.24, 2.45) is 0 Å². The number of rotatable bonds is 9. The highest BCUT2D eigenvalue weighted by Crippen LogP contribution is 2.31. The van der Waals surface area contributed by atoms with Crippen LogP contribution in [-0.2, 0) is 20.9 Å². The Labute approximate surface area is 156 Å². The van der Waals surface area contributed by atoms with Crippen LogP contribution in [0.5, 0.6) is 0 Å². The highest BCUT2D eigenvalue weighted by atomic mass is 32.2. The molecule has 1 aromatic rings. The smallest absolute Gasteiger partial charge is 0.396 e. The van der Waals surface area contributed by atoms with Crippen LogP contribution in [0.3, 0.4) is 0 Å². The average Bonchev–Trinajstić information content (AvgIpc) is 2.64. The first-order chi connectivity index (χ1) is 12.7.